The van der Waals surface area contributed by atoms with Crippen LogP contribution in [0.1, 0.15) is 154 Å². The maximum atomic E-state index is 4.34. The van der Waals surface area contributed by atoms with Crippen LogP contribution >= 0.6 is 0 Å². The van der Waals surface area contributed by atoms with Gasteiger partial charge in [0.05, 0.1) is 0 Å². The van der Waals surface area contributed by atoms with E-state index < -0.39 is 0 Å². The van der Waals surface area contributed by atoms with Crippen LogP contribution < -0.4 is 0 Å². The molecule has 0 nitrogen and oxygen atoms in total. The van der Waals surface area contributed by atoms with E-state index in [9.17, 15) is 0 Å². The normalized spacial score (nSPS) is 16.8. The molecule has 0 aliphatic heterocycles. The summed E-state index contributed by atoms with van der Waals surface area (Å²) in [7, 11) is 0. The summed E-state index contributed by atoms with van der Waals surface area (Å²) in [4.78, 5) is 0. The number of allylic oxidation sites excluding steroid dienone is 6. The molecule has 42 heavy (non-hydrogen) atoms. The molecule has 232 valence electrons. The fourth-order valence-electron chi connectivity index (χ4n) is 6.58. The highest BCUT2D eigenvalue weighted by Crippen LogP contribution is 2.36. The molecular weight excluding hydrogens is 504 g/mol. The third-order valence-corrected chi connectivity index (χ3v) is 8.78. The number of fused-ring (bicyclic) bond motifs is 1. The van der Waals surface area contributed by atoms with Crippen LogP contribution in [0, 0.1) is 12.8 Å². The predicted octanol–water partition coefficient (Wildman–Crippen LogP) is 13.9. The second kappa shape index (κ2) is 20.3. The molecule has 2 aliphatic carbocycles. The minimum atomic E-state index is 0.792. The summed E-state index contributed by atoms with van der Waals surface area (Å²) in [6.45, 7) is 30.0. The zero-order chi connectivity index (χ0) is 31.7. The standard InChI is InChI=1S/C27H38.C11H14.2C2H6/c1-8-20(5)27-21(6)13-12-16-26(27)22(7)17-24(25(9-2)19(3)4)18-23-14-10-11-15-23;1-9-5-4-7-10-6-2-3-8-11(9)10;2*1-2/h12-13,16-17,23H,3,5,8-11,14-15,18H2,1-2,4,6-7H3;2-3,6,8-9H,4-5,7H2,1H3;2*1-2H3/b22-17+,25-24+;;;. The van der Waals surface area contributed by atoms with Gasteiger partial charge in [0.25, 0.3) is 0 Å². The first-order valence-electron chi connectivity index (χ1n) is 17.2. The maximum absolute atomic E-state index is 4.34. The minimum Gasteiger partial charge on any atom is -0.0958 e. The molecule has 2 aromatic rings. The Balaban J connectivity index is 0.000000484. The number of aryl methyl sites for hydroxylation is 2. The van der Waals surface area contributed by atoms with Crippen LogP contribution in [-0.4, -0.2) is 0 Å². The van der Waals surface area contributed by atoms with Crippen LogP contribution in [0.5, 0.6) is 0 Å². The van der Waals surface area contributed by atoms with Gasteiger partial charge in [-0.15, -0.1) is 0 Å². The molecule has 1 saturated carbocycles. The lowest BCUT2D eigenvalue weighted by atomic mass is 9.84. The molecule has 0 amide bonds. The molecule has 0 heteroatoms. The molecule has 1 unspecified atom stereocenters. The van der Waals surface area contributed by atoms with Gasteiger partial charge in [0, 0.05) is 0 Å². The van der Waals surface area contributed by atoms with Crippen molar-refractivity contribution in [1.29, 1.82) is 0 Å². The van der Waals surface area contributed by atoms with Gasteiger partial charge in [-0.2, -0.15) is 0 Å². The summed E-state index contributed by atoms with van der Waals surface area (Å²) in [6.07, 6.45) is 15.3. The van der Waals surface area contributed by atoms with E-state index in [2.05, 4.69) is 103 Å². The van der Waals surface area contributed by atoms with Gasteiger partial charge in [-0.25, -0.2) is 0 Å². The molecule has 0 heterocycles. The zero-order valence-corrected chi connectivity index (χ0v) is 29.3. The zero-order valence-electron chi connectivity index (χ0n) is 29.3. The Hall–Kier alpha value is -2.60. The first-order chi connectivity index (χ1) is 20.3. The Labute approximate surface area is 262 Å². The predicted molar refractivity (Wildman–Crippen MR) is 193 cm³/mol. The fourth-order valence-corrected chi connectivity index (χ4v) is 6.58. The summed E-state index contributed by atoms with van der Waals surface area (Å²) < 4.78 is 0. The Morgan fingerprint density at radius 3 is 2.05 bits per heavy atom. The third-order valence-electron chi connectivity index (χ3n) is 8.78. The van der Waals surface area contributed by atoms with Gasteiger partial charge < -0.3 is 0 Å². The number of benzene rings is 2. The van der Waals surface area contributed by atoms with Gasteiger partial charge in [-0.05, 0) is 121 Å². The quantitative estimate of drug-likeness (QED) is 0.278. The summed E-state index contributed by atoms with van der Waals surface area (Å²) in [5.74, 6) is 1.63. The van der Waals surface area contributed by atoms with Crippen molar-refractivity contribution in [2.45, 2.75) is 139 Å². The highest BCUT2D eigenvalue weighted by molar-refractivity contribution is 5.81. The summed E-state index contributed by atoms with van der Waals surface area (Å²) in [5, 5.41) is 0. The highest BCUT2D eigenvalue weighted by Gasteiger charge is 2.19. The van der Waals surface area contributed by atoms with E-state index in [0.29, 0.717) is 0 Å². The van der Waals surface area contributed by atoms with Gasteiger partial charge in [0.2, 0.25) is 0 Å². The van der Waals surface area contributed by atoms with E-state index in [1.54, 1.807) is 11.1 Å². The second-order valence-corrected chi connectivity index (χ2v) is 11.8. The minimum absolute atomic E-state index is 0.792. The molecular formula is C42H64. The molecule has 0 bridgehead atoms. The van der Waals surface area contributed by atoms with Crippen molar-refractivity contribution < 1.29 is 0 Å². The monoisotopic (exact) mass is 569 g/mol. The Kier molecular flexibility index (Phi) is 18.1. The highest BCUT2D eigenvalue weighted by atomic mass is 14.2. The van der Waals surface area contributed by atoms with Gasteiger partial charge in [-0.3, -0.25) is 0 Å². The first-order valence-corrected chi connectivity index (χ1v) is 17.2. The van der Waals surface area contributed by atoms with Gasteiger partial charge in [0.15, 0.2) is 0 Å². The van der Waals surface area contributed by atoms with Crippen molar-refractivity contribution in [3.8, 4) is 0 Å². The van der Waals surface area contributed by atoms with E-state index in [4.69, 9.17) is 0 Å². The summed E-state index contributed by atoms with van der Waals surface area (Å²) in [6, 6.07) is 15.5. The Bertz CT molecular complexity index is 1160. The molecule has 1 atom stereocenters. The van der Waals surface area contributed by atoms with Crippen molar-refractivity contribution >= 4 is 11.1 Å². The smallest absolute Gasteiger partial charge is 0.0126 e. The van der Waals surface area contributed by atoms with Crippen molar-refractivity contribution in [2.24, 2.45) is 5.92 Å². The second-order valence-electron chi connectivity index (χ2n) is 11.8. The van der Waals surface area contributed by atoms with E-state index in [-0.39, 0.29) is 0 Å². The largest absolute Gasteiger partial charge is 0.0958 e. The molecule has 1 fully saturated rings. The maximum Gasteiger partial charge on any atom is -0.0126 e. The van der Waals surface area contributed by atoms with Crippen LogP contribution in [0.25, 0.3) is 11.1 Å². The number of hydrogen-bond acceptors (Lipinski definition) is 0. The number of hydrogen-bond donors (Lipinski definition) is 0. The molecule has 2 aliphatic rings. The van der Waals surface area contributed by atoms with Gasteiger partial charge in [-0.1, -0.05) is 141 Å². The van der Waals surface area contributed by atoms with E-state index in [1.165, 1.54) is 95.9 Å². The molecule has 0 aromatic heterocycles. The van der Waals surface area contributed by atoms with Crippen LogP contribution in [0.15, 0.2) is 78.4 Å². The van der Waals surface area contributed by atoms with Crippen molar-refractivity contribution in [1.82, 2.24) is 0 Å². The average Bonchev–Trinajstić information content (AvgIpc) is 3.52. The Morgan fingerprint density at radius 1 is 0.833 bits per heavy atom. The lowest BCUT2D eigenvalue weighted by Crippen LogP contribution is -2.05. The fraction of sp³-hybridized carbons (Fsp3) is 0.524. The summed E-state index contributed by atoms with van der Waals surface area (Å²) >= 11 is 0. The van der Waals surface area contributed by atoms with Crippen LogP contribution in [0.4, 0.5) is 0 Å². The lowest BCUT2D eigenvalue weighted by Gasteiger charge is -2.21. The topological polar surface area (TPSA) is 0 Å². The SMILES string of the molecule is C=C(C)/C(CC)=C(\C=C(/C)c1cccc(C)c1C(=C)CC)CC1CCCC1.CC.CC.CC1CCCc2ccccc21. The van der Waals surface area contributed by atoms with Crippen molar-refractivity contribution in [3.05, 3.63) is 106 Å². The van der Waals surface area contributed by atoms with Crippen LogP contribution in [0.3, 0.4) is 0 Å². The molecule has 4 rings (SSSR count). The Morgan fingerprint density at radius 2 is 1.48 bits per heavy atom. The van der Waals surface area contributed by atoms with Crippen molar-refractivity contribution in [2.75, 3.05) is 0 Å². The van der Waals surface area contributed by atoms with Gasteiger partial charge in [0.1, 0.15) is 0 Å². The molecule has 0 N–H and O–H groups in total. The lowest BCUT2D eigenvalue weighted by molar-refractivity contribution is 0.546. The molecule has 2 aromatic carbocycles. The summed E-state index contributed by atoms with van der Waals surface area (Å²) in [5.41, 5.74) is 13.9. The molecule has 0 radical (unpaired) electrons. The number of rotatable bonds is 8. The van der Waals surface area contributed by atoms with Crippen molar-refractivity contribution in [3.63, 3.8) is 0 Å². The first kappa shape index (κ1) is 37.4. The van der Waals surface area contributed by atoms with Crippen LogP contribution in [-0.2, 0) is 6.42 Å². The average molecular weight is 569 g/mol. The van der Waals surface area contributed by atoms with E-state index in [0.717, 1.165) is 24.7 Å². The van der Waals surface area contributed by atoms with Gasteiger partial charge >= 0.3 is 0 Å². The molecule has 0 saturated heterocycles. The third kappa shape index (κ3) is 10.9. The molecule has 0 spiro atoms. The van der Waals surface area contributed by atoms with Crippen LogP contribution in [0.2, 0.25) is 0 Å². The van der Waals surface area contributed by atoms with E-state index in [1.807, 2.05) is 27.7 Å². The van der Waals surface area contributed by atoms with E-state index >= 15 is 0 Å².